The molecule has 2 atom stereocenters. The first-order valence-electron chi connectivity index (χ1n) is 5.80. The molecule has 0 aromatic carbocycles. The molecule has 0 spiro atoms. The molecular weight excluding hydrogens is 186 g/mol. The van der Waals surface area contributed by atoms with Crippen LogP contribution in [0.25, 0.3) is 0 Å². The maximum absolute atomic E-state index is 4.17. The fourth-order valence-electron chi connectivity index (χ4n) is 1.77. The topological polar surface area (TPSA) is 37.8 Å². The van der Waals surface area contributed by atoms with Crippen molar-refractivity contribution in [3.63, 3.8) is 0 Å². The summed E-state index contributed by atoms with van der Waals surface area (Å²) in [6, 6.07) is 4.50. The molecule has 0 saturated heterocycles. The van der Waals surface area contributed by atoms with Crippen molar-refractivity contribution < 1.29 is 0 Å². The summed E-state index contributed by atoms with van der Waals surface area (Å²) in [5.74, 6) is 0.426. The quantitative estimate of drug-likeness (QED) is 0.778. The van der Waals surface area contributed by atoms with Crippen molar-refractivity contribution in [2.75, 3.05) is 6.54 Å². The summed E-state index contributed by atoms with van der Waals surface area (Å²) in [4.78, 5) is 0. The van der Waals surface area contributed by atoms with Crippen LogP contribution in [0.15, 0.2) is 18.3 Å². The molecule has 0 fully saturated rings. The lowest BCUT2D eigenvalue weighted by Gasteiger charge is -2.23. The third-order valence-corrected chi connectivity index (χ3v) is 2.76. The van der Waals surface area contributed by atoms with Gasteiger partial charge in [0.05, 0.1) is 5.69 Å². The van der Waals surface area contributed by atoms with Crippen LogP contribution in [0.5, 0.6) is 0 Å². The molecule has 0 radical (unpaired) electrons. The smallest absolute Gasteiger partial charge is 0.0674 e. The van der Waals surface area contributed by atoms with Gasteiger partial charge in [-0.15, -0.1) is 0 Å². The minimum Gasteiger partial charge on any atom is -0.313 e. The fraction of sp³-hybridized carbons (Fsp3) is 0.667. The van der Waals surface area contributed by atoms with Gasteiger partial charge in [-0.25, -0.2) is 0 Å². The third kappa shape index (κ3) is 3.59. The van der Waals surface area contributed by atoms with Gasteiger partial charge in [0.2, 0.25) is 0 Å². The van der Waals surface area contributed by atoms with Crippen LogP contribution < -0.4 is 5.32 Å². The zero-order chi connectivity index (χ0) is 11.1. The van der Waals surface area contributed by atoms with Crippen LogP contribution in [0.4, 0.5) is 0 Å². The summed E-state index contributed by atoms with van der Waals surface area (Å²) < 4.78 is 0. The van der Waals surface area contributed by atoms with E-state index in [9.17, 15) is 0 Å². The first-order valence-corrected chi connectivity index (χ1v) is 5.80. The van der Waals surface area contributed by atoms with Crippen molar-refractivity contribution in [2.24, 2.45) is 0 Å². The first-order chi connectivity index (χ1) is 7.29. The summed E-state index contributed by atoms with van der Waals surface area (Å²) in [6.07, 6.45) is 4.01. The lowest BCUT2D eigenvalue weighted by Crippen LogP contribution is -2.34. The highest BCUT2D eigenvalue weighted by atomic mass is 15.1. The molecule has 0 aliphatic heterocycles. The van der Waals surface area contributed by atoms with Crippen molar-refractivity contribution >= 4 is 0 Å². The molecule has 0 bridgehead atoms. The van der Waals surface area contributed by atoms with Crippen LogP contribution in [-0.4, -0.2) is 22.8 Å². The van der Waals surface area contributed by atoms with E-state index in [0.717, 1.165) is 18.7 Å². The molecule has 1 heterocycles. The van der Waals surface area contributed by atoms with Gasteiger partial charge in [0, 0.05) is 18.2 Å². The van der Waals surface area contributed by atoms with E-state index in [0.29, 0.717) is 12.0 Å². The second kappa shape index (κ2) is 6.51. The molecule has 3 nitrogen and oxygen atoms in total. The van der Waals surface area contributed by atoms with Gasteiger partial charge < -0.3 is 5.32 Å². The second-order valence-electron chi connectivity index (χ2n) is 3.91. The van der Waals surface area contributed by atoms with Gasteiger partial charge in [0.15, 0.2) is 0 Å². The molecule has 2 unspecified atom stereocenters. The van der Waals surface area contributed by atoms with Crippen molar-refractivity contribution in [1.29, 1.82) is 0 Å². The van der Waals surface area contributed by atoms with Gasteiger partial charge in [-0.3, -0.25) is 0 Å². The molecular formula is C12H21N3. The number of rotatable bonds is 6. The lowest BCUT2D eigenvalue weighted by atomic mass is 9.96. The molecule has 84 valence electrons. The summed E-state index contributed by atoms with van der Waals surface area (Å²) in [6.45, 7) is 7.68. The molecule has 1 aromatic rings. The number of aromatic nitrogens is 2. The maximum Gasteiger partial charge on any atom is 0.0674 e. The van der Waals surface area contributed by atoms with Crippen LogP contribution >= 0.6 is 0 Å². The van der Waals surface area contributed by atoms with E-state index in [4.69, 9.17) is 0 Å². The highest BCUT2D eigenvalue weighted by molar-refractivity contribution is 5.08. The van der Waals surface area contributed by atoms with Gasteiger partial charge in [-0.2, -0.15) is 10.2 Å². The Balaban J connectivity index is 2.60. The Labute approximate surface area is 92.3 Å². The van der Waals surface area contributed by atoms with Gasteiger partial charge in [-0.1, -0.05) is 20.8 Å². The molecule has 1 N–H and O–H groups in total. The van der Waals surface area contributed by atoms with Gasteiger partial charge >= 0.3 is 0 Å². The molecule has 0 aliphatic carbocycles. The number of nitrogens with one attached hydrogen (secondary N) is 1. The molecule has 1 rings (SSSR count). The summed E-state index contributed by atoms with van der Waals surface area (Å²) >= 11 is 0. The third-order valence-electron chi connectivity index (χ3n) is 2.76. The number of hydrogen-bond donors (Lipinski definition) is 1. The predicted molar refractivity (Wildman–Crippen MR) is 62.8 cm³/mol. The fourth-order valence-corrected chi connectivity index (χ4v) is 1.77. The number of hydrogen-bond acceptors (Lipinski definition) is 3. The Morgan fingerprint density at radius 1 is 1.40 bits per heavy atom. The Hall–Kier alpha value is -0.960. The van der Waals surface area contributed by atoms with E-state index in [1.54, 1.807) is 6.20 Å². The van der Waals surface area contributed by atoms with Crippen LogP contribution in [0.1, 0.15) is 45.2 Å². The average molecular weight is 207 g/mol. The predicted octanol–water partition coefficient (Wildman–Crippen LogP) is 2.36. The molecule has 1 aromatic heterocycles. The zero-order valence-corrected chi connectivity index (χ0v) is 9.90. The zero-order valence-electron chi connectivity index (χ0n) is 9.90. The van der Waals surface area contributed by atoms with Crippen LogP contribution in [-0.2, 0) is 0 Å². The molecule has 0 amide bonds. The van der Waals surface area contributed by atoms with E-state index < -0.39 is 0 Å². The Morgan fingerprint density at radius 2 is 2.20 bits per heavy atom. The summed E-state index contributed by atoms with van der Waals surface area (Å²) in [5.41, 5.74) is 1.08. The molecule has 3 heteroatoms. The molecule has 15 heavy (non-hydrogen) atoms. The summed E-state index contributed by atoms with van der Waals surface area (Å²) in [7, 11) is 0. The van der Waals surface area contributed by atoms with Crippen LogP contribution in [0.3, 0.4) is 0 Å². The van der Waals surface area contributed by atoms with Crippen molar-refractivity contribution in [3.05, 3.63) is 24.0 Å². The second-order valence-corrected chi connectivity index (χ2v) is 3.91. The summed E-state index contributed by atoms with van der Waals surface area (Å²) in [5, 5.41) is 11.6. The number of nitrogens with zero attached hydrogens (tertiary/aromatic N) is 2. The van der Waals surface area contributed by atoms with E-state index >= 15 is 0 Å². The normalized spacial score (nSPS) is 14.9. The standard InChI is InChI=1S/C12H21N3/c1-4-8-13-11(5-2)10(3)12-7-6-9-14-15-12/h6-7,9-11,13H,4-5,8H2,1-3H3. The van der Waals surface area contributed by atoms with Crippen molar-refractivity contribution in [1.82, 2.24) is 15.5 Å². The monoisotopic (exact) mass is 207 g/mol. The van der Waals surface area contributed by atoms with Crippen LogP contribution in [0, 0.1) is 0 Å². The highest BCUT2D eigenvalue weighted by Crippen LogP contribution is 2.18. The van der Waals surface area contributed by atoms with Crippen molar-refractivity contribution in [2.45, 2.75) is 45.6 Å². The SMILES string of the molecule is CCCNC(CC)C(C)c1cccnn1. The minimum atomic E-state index is 0.426. The highest BCUT2D eigenvalue weighted by Gasteiger charge is 2.17. The van der Waals surface area contributed by atoms with E-state index in [1.807, 2.05) is 12.1 Å². The van der Waals surface area contributed by atoms with Gasteiger partial charge in [-0.05, 0) is 31.5 Å². The van der Waals surface area contributed by atoms with Gasteiger partial charge in [0.25, 0.3) is 0 Å². The average Bonchev–Trinajstić information content (AvgIpc) is 2.31. The molecule has 0 aliphatic rings. The Morgan fingerprint density at radius 3 is 2.73 bits per heavy atom. The van der Waals surface area contributed by atoms with E-state index in [2.05, 4.69) is 36.3 Å². The van der Waals surface area contributed by atoms with Crippen LogP contribution in [0.2, 0.25) is 0 Å². The van der Waals surface area contributed by atoms with Gasteiger partial charge in [0.1, 0.15) is 0 Å². The van der Waals surface area contributed by atoms with Crippen molar-refractivity contribution in [3.8, 4) is 0 Å². The minimum absolute atomic E-state index is 0.426. The largest absolute Gasteiger partial charge is 0.313 e. The van der Waals surface area contributed by atoms with E-state index in [-0.39, 0.29) is 0 Å². The Kier molecular flexibility index (Phi) is 5.26. The first kappa shape index (κ1) is 12.1. The Bertz CT molecular complexity index is 261. The lowest BCUT2D eigenvalue weighted by molar-refractivity contribution is 0.430. The maximum atomic E-state index is 4.17. The van der Waals surface area contributed by atoms with E-state index in [1.165, 1.54) is 6.42 Å². The molecule has 0 saturated carbocycles.